The van der Waals surface area contributed by atoms with Gasteiger partial charge in [0.25, 0.3) is 0 Å². The normalized spacial score (nSPS) is 16.9. The van der Waals surface area contributed by atoms with Crippen LogP contribution in [0.5, 0.6) is 0 Å². The average Bonchev–Trinajstić information content (AvgIpc) is 3.23. The molecule has 4 rings (SSSR count). The minimum atomic E-state index is -0.289. The number of hydrogen-bond donors (Lipinski definition) is 1. The summed E-state index contributed by atoms with van der Waals surface area (Å²) in [7, 11) is 0. The lowest BCUT2D eigenvalue weighted by Crippen LogP contribution is -2.33. The highest BCUT2D eigenvalue weighted by molar-refractivity contribution is 6.00. The third kappa shape index (κ3) is 3.15. The van der Waals surface area contributed by atoms with Gasteiger partial charge in [0.15, 0.2) is 5.82 Å². The molecule has 1 saturated heterocycles. The number of hydrogen-bond acceptors (Lipinski definition) is 5. The smallest absolute Gasteiger partial charge is 0.249 e. The Morgan fingerprint density at radius 2 is 1.85 bits per heavy atom. The second kappa shape index (κ2) is 6.59. The highest BCUT2D eigenvalue weighted by atomic mass is 16.2. The van der Waals surface area contributed by atoms with Gasteiger partial charge < -0.3 is 10.2 Å². The van der Waals surface area contributed by atoms with E-state index in [0.29, 0.717) is 18.2 Å². The van der Waals surface area contributed by atoms with E-state index >= 15 is 0 Å². The lowest BCUT2D eigenvalue weighted by Gasteiger charge is -2.17. The van der Waals surface area contributed by atoms with Crippen LogP contribution in [-0.2, 0) is 4.79 Å². The summed E-state index contributed by atoms with van der Waals surface area (Å²) in [5.74, 6) is 1.28. The molecule has 0 saturated carbocycles. The van der Waals surface area contributed by atoms with Crippen molar-refractivity contribution in [1.29, 1.82) is 0 Å². The molecule has 7 heteroatoms. The molecular weight excluding hydrogens is 328 g/mol. The van der Waals surface area contributed by atoms with Gasteiger partial charge in [-0.15, -0.1) is 10.2 Å². The summed E-state index contributed by atoms with van der Waals surface area (Å²) < 4.78 is 1.67. The second-order valence-corrected chi connectivity index (χ2v) is 6.49. The van der Waals surface area contributed by atoms with E-state index in [1.807, 2.05) is 67.4 Å². The number of nitrogens with zero attached hydrogens (tertiary/aromatic N) is 5. The number of rotatable bonds is 4. The number of carbonyl (C=O) groups is 1. The van der Waals surface area contributed by atoms with Crippen LogP contribution in [0, 0.1) is 13.8 Å². The van der Waals surface area contributed by atoms with Crippen LogP contribution < -0.4 is 10.2 Å². The number of nitrogens with one attached hydrogen (secondary N) is 1. The Morgan fingerprint density at radius 1 is 1.04 bits per heavy atom. The molecule has 3 heterocycles. The van der Waals surface area contributed by atoms with E-state index in [0.717, 1.165) is 17.8 Å². The molecule has 1 aliphatic rings. The molecule has 0 spiro atoms. The van der Waals surface area contributed by atoms with Crippen LogP contribution in [0.1, 0.15) is 17.7 Å². The summed E-state index contributed by atoms with van der Waals surface area (Å²) in [4.78, 5) is 14.5. The van der Waals surface area contributed by atoms with Gasteiger partial charge in [0.05, 0.1) is 5.69 Å². The molecule has 1 unspecified atom stereocenters. The van der Waals surface area contributed by atoms with E-state index in [9.17, 15) is 4.79 Å². The lowest BCUT2D eigenvalue weighted by atomic mass is 10.2. The molecule has 1 fully saturated rings. The van der Waals surface area contributed by atoms with Crippen LogP contribution in [0.25, 0.3) is 5.82 Å². The molecule has 26 heavy (non-hydrogen) atoms. The maximum Gasteiger partial charge on any atom is 0.249 e. The lowest BCUT2D eigenvalue weighted by molar-refractivity contribution is -0.117. The van der Waals surface area contributed by atoms with E-state index < -0.39 is 0 Å². The van der Waals surface area contributed by atoms with Crippen LogP contribution in [0.2, 0.25) is 0 Å². The Labute approximate surface area is 151 Å². The summed E-state index contributed by atoms with van der Waals surface area (Å²) in [5, 5.41) is 15.9. The number of aromatic nitrogens is 4. The minimum absolute atomic E-state index is 0.0578. The first kappa shape index (κ1) is 16.3. The zero-order chi connectivity index (χ0) is 18.1. The van der Waals surface area contributed by atoms with Gasteiger partial charge in [0, 0.05) is 18.4 Å². The second-order valence-electron chi connectivity index (χ2n) is 6.49. The molecule has 1 aromatic carbocycles. The van der Waals surface area contributed by atoms with Gasteiger partial charge in [-0.05, 0) is 50.6 Å². The van der Waals surface area contributed by atoms with Gasteiger partial charge in [-0.25, -0.2) is 4.68 Å². The Bertz CT molecular complexity index is 916. The van der Waals surface area contributed by atoms with Crippen molar-refractivity contribution in [3.05, 3.63) is 59.9 Å². The molecule has 1 amide bonds. The van der Waals surface area contributed by atoms with Crippen molar-refractivity contribution in [3.8, 4) is 5.82 Å². The highest BCUT2D eigenvalue weighted by Gasteiger charge is 2.32. The summed E-state index contributed by atoms with van der Waals surface area (Å²) in [6.45, 7) is 4.65. The fourth-order valence-electron chi connectivity index (χ4n) is 3.04. The Hall–Kier alpha value is -3.22. The third-order valence-corrected chi connectivity index (χ3v) is 4.48. The van der Waals surface area contributed by atoms with Crippen LogP contribution in [0.15, 0.2) is 48.7 Å². The first-order valence-corrected chi connectivity index (χ1v) is 8.61. The quantitative estimate of drug-likeness (QED) is 0.784. The predicted octanol–water partition coefficient (Wildman–Crippen LogP) is 2.50. The van der Waals surface area contributed by atoms with Crippen molar-refractivity contribution in [2.75, 3.05) is 16.8 Å². The summed E-state index contributed by atoms with van der Waals surface area (Å²) in [5.41, 5.74) is 3.03. The van der Waals surface area contributed by atoms with Gasteiger partial charge >= 0.3 is 0 Å². The van der Waals surface area contributed by atoms with Crippen molar-refractivity contribution in [2.45, 2.75) is 26.3 Å². The summed E-state index contributed by atoms with van der Waals surface area (Å²) >= 11 is 0. The van der Waals surface area contributed by atoms with Gasteiger partial charge in [-0.3, -0.25) is 4.79 Å². The molecule has 132 valence electrons. The zero-order valence-electron chi connectivity index (χ0n) is 14.8. The first-order chi connectivity index (χ1) is 12.6. The van der Waals surface area contributed by atoms with Crippen LogP contribution >= 0.6 is 0 Å². The molecular formula is C19H20N6O. The third-order valence-electron chi connectivity index (χ3n) is 4.48. The van der Waals surface area contributed by atoms with E-state index in [1.165, 1.54) is 5.56 Å². The molecule has 0 radical (unpaired) electrons. The fraction of sp³-hybridized carbons (Fsp3) is 0.263. The molecule has 1 aliphatic heterocycles. The fourth-order valence-corrected chi connectivity index (χ4v) is 3.04. The van der Waals surface area contributed by atoms with Crippen LogP contribution in [-0.4, -0.2) is 38.5 Å². The largest absolute Gasteiger partial charge is 0.357 e. The number of amides is 1. The Balaban J connectivity index is 1.44. The van der Waals surface area contributed by atoms with Crippen LogP contribution in [0.4, 0.5) is 11.5 Å². The molecule has 2 aromatic heterocycles. The SMILES string of the molecule is Cc1ccc(N2CCC(Nc3ccc(-n4ccc(C)n4)nn3)C2=O)cc1. The molecule has 1 N–H and O–H groups in total. The molecule has 1 atom stereocenters. The van der Waals surface area contributed by atoms with Gasteiger partial charge in [-0.1, -0.05) is 17.7 Å². The van der Waals surface area contributed by atoms with Crippen LogP contribution in [0.3, 0.4) is 0 Å². The van der Waals surface area contributed by atoms with E-state index in [-0.39, 0.29) is 11.9 Å². The topological polar surface area (TPSA) is 75.9 Å². The van der Waals surface area contributed by atoms with Crippen molar-refractivity contribution in [2.24, 2.45) is 0 Å². The number of aryl methyl sites for hydroxylation is 2. The number of benzene rings is 1. The first-order valence-electron chi connectivity index (χ1n) is 8.61. The molecule has 3 aromatic rings. The van der Waals surface area contributed by atoms with Crippen molar-refractivity contribution in [3.63, 3.8) is 0 Å². The van der Waals surface area contributed by atoms with Crippen molar-refractivity contribution >= 4 is 17.4 Å². The van der Waals surface area contributed by atoms with Crippen molar-refractivity contribution in [1.82, 2.24) is 20.0 Å². The Kier molecular flexibility index (Phi) is 4.12. The van der Waals surface area contributed by atoms with Crippen molar-refractivity contribution < 1.29 is 4.79 Å². The van der Waals surface area contributed by atoms with Gasteiger partial charge in [-0.2, -0.15) is 5.10 Å². The Morgan fingerprint density at radius 3 is 2.50 bits per heavy atom. The zero-order valence-corrected chi connectivity index (χ0v) is 14.8. The highest BCUT2D eigenvalue weighted by Crippen LogP contribution is 2.23. The number of anilines is 2. The minimum Gasteiger partial charge on any atom is -0.357 e. The summed E-state index contributed by atoms with van der Waals surface area (Å²) in [6.07, 6.45) is 2.57. The van der Waals surface area contributed by atoms with E-state index in [2.05, 4.69) is 20.6 Å². The monoisotopic (exact) mass is 348 g/mol. The maximum absolute atomic E-state index is 12.7. The standard InChI is InChI=1S/C19H20N6O/c1-13-3-5-15(6-4-13)24-11-10-16(19(24)26)20-17-7-8-18(22-21-17)25-12-9-14(2)23-25/h3-9,12,16H,10-11H2,1-2H3,(H,20,21). The van der Waals surface area contributed by atoms with E-state index in [4.69, 9.17) is 0 Å². The summed E-state index contributed by atoms with van der Waals surface area (Å²) in [6, 6.07) is 13.3. The van der Waals surface area contributed by atoms with Gasteiger partial charge in [0.1, 0.15) is 11.9 Å². The molecule has 0 aliphatic carbocycles. The average molecular weight is 348 g/mol. The molecule has 0 bridgehead atoms. The molecule has 7 nitrogen and oxygen atoms in total. The van der Waals surface area contributed by atoms with E-state index in [1.54, 1.807) is 4.68 Å². The predicted molar refractivity (Wildman–Crippen MR) is 99.5 cm³/mol. The maximum atomic E-state index is 12.7. The number of carbonyl (C=O) groups excluding carboxylic acids is 1. The van der Waals surface area contributed by atoms with Gasteiger partial charge in [0.2, 0.25) is 5.91 Å².